The van der Waals surface area contributed by atoms with E-state index in [1.165, 1.54) is 23.5 Å². The predicted molar refractivity (Wildman–Crippen MR) is 125 cm³/mol. The number of nitrogens with zero attached hydrogens (tertiary/aromatic N) is 1. The van der Waals surface area contributed by atoms with Crippen LogP contribution in [0.2, 0.25) is 0 Å². The van der Waals surface area contributed by atoms with Gasteiger partial charge in [0.05, 0.1) is 7.11 Å². The first-order chi connectivity index (χ1) is 15.5. The summed E-state index contributed by atoms with van der Waals surface area (Å²) in [5.41, 5.74) is 3.07. The van der Waals surface area contributed by atoms with Crippen molar-refractivity contribution in [3.8, 4) is 5.75 Å². The number of anilines is 1. The summed E-state index contributed by atoms with van der Waals surface area (Å²) >= 11 is 0. The molecule has 1 N–H and O–H groups in total. The number of ether oxygens (including phenoxy) is 1. The van der Waals surface area contributed by atoms with E-state index in [2.05, 4.69) is 5.32 Å². The minimum absolute atomic E-state index is 0.0205. The summed E-state index contributed by atoms with van der Waals surface area (Å²) in [5.74, 6) is -0.135. The number of amides is 1. The maximum Gasteiger partial charge on any atom is 0.255 e. The van der Waals surface area contributed by atoms with Crippen molar-refractivity contribution in [2.24, 2.45) is 0 Å². The molecule has 3 aromatic rings. The van der Waals surface area contributed by atoms with Crippen molar-refractivity contribution >= 4 is 21.6 Å². The molecule has 0 aliphatic carbocycles. The highest BCUT2D eigenvalue weighted by Crippen LogP contribution is 2.30. The minimum atomic E-state index is -3.73. The lowest BCUT2D eigenvalue weighted by Crippen LogP contribution is -2.28. The number of benzene rings is 3. The van der Waals surface area contributed by atoms with Gasteiger partial charge < -0.3 is 10.1 Å². The Morgan fingerprint density at radius 1 is 0.969 bits per heavy atom. The van der Waals surface area contributed by atoms with Crippen LogP contribution in [0.5, 0.6) is 5.75 Å². The highest BCUT2D eigenvalue weighted by Gasteiger charge is 2.30. The van der Waals surface area contributed by atoms with Gasteiger partial charge in [0.2, 0.25) is 10.0 Å². The van der Waals surface area contributed by atoms with E-state index in [0.717, 1.165) is 24.0 Å². The fraction of sp³-hybridized carbons (Fsp3) is 0.240. The van der Waals surface area contributed by atoms with Crippen LogP contribution in [-0.2, 0) is 16.4 Å². The molecule has 32 heavy (non-hydrogen) atoms. The SMILES string of the molecule is COc1ccc(C(=O)Nc2ccccc2Cc2ccccc2)cc1S(=O)(=O)N1CCCC1. The summed E-state index contributed by atoms with van der Waals surface area (Å²) in [7, 11) is -2.30. The maximum atomic E-state index is 13.1. The molecule has 1 amide bonds. The van der Waals surface area contributed by atoms with Crippen LogP contribution in [0.4, 0.5) is 5.69 Å². The Labute approximate surface area is 188 Å². The number of hydrogen-bond donors (Lipinski definition) is 1. The zero-order chi connectivity index (χ0) is 22.6. The molecule has 0 atom stereocenters. The Bertz CT molecular complexity index is 1200. The molecule has 4 rings (SSSR count). The van der Waals surface area contributed by atoms with E-state index >= 15 is 0 Å². The van der Waals surface area contributed by atoms with Gasteiger partial charge in [0.1, 0.15) is 10.6 Å². The molecule has 1 aliphatic rings. The van der Waals surface area contributed by atoms with Gasteiger partial charge in [-0.05, 0) is 54.7 Å². The van der Waals surface area contributed by atoms with E-state index in [1.807, 2.05) is 54.6 Å². The molecule has 0 aromatic heterocycles. The average molecular weight is 451 g/mol. The minimum Gasteiger partial charge on any atom is -0.495 e. The molecule has 0 bridgehead atoms. The van der Waals surface area contributed by atoms with Crippen LogP contribution in [0, 0.1) is 0 Å². The monoisotopic (exact) mass is 450 g/mol. The number of nitrogens with one attached hydrogen (secondary N) is 1. The van der Waals surface area contributed by atoms with Crippen LogP contribution in [0.3, 0.4) is 0 Å². The van der Waals surface area contributed by atoms with Crippen LogP contribution in [-0.4, -0.2) is 38.8 Å². The van der Waals surface area contributed by atoms with Crippen LogP contribution < -0.4 is 10.1 Å². The second kappa shape index (κ2) is 9.54. The molecular formula is C25H26N2O4S. The fourth-order valence-electron chi connectivity index (χ4n) is 3.89. The Morgan fingerprint density at radius 2 is 1.66 bits per heavy atom. The Hall–Kier alpha value is -3.16. The van der Waals surface area contributed by atoms with Crippen molar-refractivity contribution in [2.75, 3.05) is 25.5 Å². The smallest absolute Gasteiger partial charge is 0.255 e. The van der Waals surface area contributed by atoms with E-state index in [-0.39, 0.29) is 22.1 Å². The normalized spacial score (nSPS) is 14.3. The molecule has 1 saturated heterocycles. The van der Waals surface area contributed by atoms with E-state index < -0.39 is 10.0 Å². The molecule has 0 unspecified atom stereocenters. The molecule has 6 nitrogen and oxygen atoms in total. The Kier molecular flexibility index (Phi) is 6.58. The van der Waals surface area contributed by atoms with Crippen molar-refractivity contribution < 1.29 is 17.9 Å². The van der Waals surface area contributed by atoms with E-state index in [4.69, 9.17) is 4.74 Å². The number of sulfonamides is 1. The number of carbonyl (C=O) groups excluding carboxylic acids is 1. The zero-order valence-electron chi connectivity index (χ0n) is 18.0. The van der Waals surface area contributed by atoms with Crippen LogP contribution >= 0.6 is 0 Å². The van der Waals surface area contributed by atoms with Crippen molar-refractivity contribution in [1.29, 1.82) is 0 Å². The van der Waals surface area contributed by atoms with Gasteiger partial charge in [-0.1, -0.05) is 48.5 Å². The maximum absolute atomic E-state index is 13.1. The predicted octanol–water partition coefficient (Wildman–Crippen LogP) is 4.32. The summed E-state index contributed by atoms with van der Waals surface area (Å²) in [6, 6.07) is 22.1. The summed E-state index contributed by atoms with van der Waals surface area (Å²) < 4.78 is 33.0. The lowest BCUT2D eigenvalue weighted by Gasteiger charge is -2.18. The van der Waals surface area contributed by atoms with Gasteiger partial charge in [0.25, 0.3) is 5.91 Å². The second-order valence-corrected chi connectivity index (χ2v) is 9.66. The topological polar surface area (TPSA) is 75.7 Å². The third-order valence-electron chi connectivity index (χ3n) is 5.61. The highest BCUT2D eigenvalue weighted by molar-refractivity contribution is 7.89. The second-order valence-electron chi connectivity index (χ2n) is 7.75. The molecule has 1 heterocycles. The number of methoxy groups -OCH3 is 1. The van der Waals surface area contributed by atoms with E-state index in [1.54, 1.807) is 6.07 Å². The fourth-order valence-corrected chi connectivity index (χ4v) is 5.59. The summed E-state index contributed by atoms with van der Waals surface area (Å²) in [4.78, 5) is 13.1. The van der Waals surface area contributed by atoms with Crippen LogP contribution in [0.15, 0.2) is 77.7 Å². The molecule has 0 radical (unpaired) electrons. The van der Waals surface area contributed by atoms with Gasteiger partial charge in [-0.15, -0.1) is 0 Å². The van der Waals surface area contributed by atoms with Gasteiger partial charge >= 0.3 is 0 Å². The summed E-state index contributed by atoms with van der Waals surface area (Å²) in [6.45, 7) is 0.962. The van der Waals surface area contributed by atoms with E-state index in [9.17, 15) is 13.2 Å². The van der Waals surface area contributed by atoms with E-state index in [0.29, 0.717) is 25.2 Å². The standard InChI is InChI=1S/C25H26N2O4S/c1-31-23-14-13-21(18-24(23)32(29,30)27-15-7-8-16-27)25(28)26-22-12-6-5-11-20(22)17-19-9-3-2-4-10-19/h2-6,9-14,18H,7-8,15-17H2,1H3,(H,26,28). The molecule has 3 aromatic carbocycles. The van der Waals surface area contributed by atoms with Gasteiger partial charge in [-0.25, -0.2) is 8.42 Å². The van der Waals surface area contributed by atoms with Gasteiger partial charge in [-0.3, -0.25) is 4.79 Å². The van der Waals surface area contributed by atoms with Gasteiger partial charge in [0, 0.05) is 24.3 Å². The Balaban J connectivity index is 1.61. The molecule has 0 saturated carbocycles. The first kappa shape index (κ1) is 22.0. The quantitative estimate of drug-likeness (QED) is 0.582. The molecule has 0 spiro atoms. The highest BCUT2D eigenvalue weighted by atomic mass is 32.2. The lowest BCUT2D eigenvalue weighted by molar-refractivity contribution is 0.102. The number of para-hydroxylation sites is 1. The summed E-state index contributed by atoms with van der Waals surface area (Å²) in [5, 5.41) is 2.94. The van der Waals surface area contributed by atoms with Crippen LogP contribution in [0.25, 0.3) is 0 Å². The third kappa shape index (κ3) is 4.69. The Morgan fingerprint density at radius 3 is 2.38 bits per heavy atom. The average Bonchev–Trinajstić information content (AvgIpc) is 3.36. The number of carbonyl (C=O) groups is 1. The van der Waals surface area contributed by atoms with Crippen LogP contribution in [0.1, 0.15) is 34.3 Å². The largest absolute Gasteiger partial charge is 0.495 e. The van der Waals surface area contributed by atoms with Crippen molar-refractivity contribution in [2.45, 2.75) is 24.2 Å². The van der Waals surface area contributed by atoms with Crippen molar-refractivity contribution in [1.82, 2.24) is 4.31 Å². The molecule has 1 aliphatic heterocycles. The molecule has 7 heteroatoms. The number of hydrogen-bond acceptors (Lipinski definition) is 4. The molecular weight excluding hydrogens is 424 g/mol. The lowest BCUT2D eigenvalue weighted by atomic mass is 10.0. The first-order valence-corrected chi connectivity index (χ1v) is 12.0. The number of rotatable bonds is 7. The zero-order valence-corrected chi connectivity index (χ0v) is 18.8. The van der Waals surface area contributed by atoms with Crippen molar-refractivity contribution in [3.63, 3.8) is 0 Å². The molecule has 166 valence electrons. The third-order valence-corrected chi connectivity index (χ3v) is 7.53. The molecule has 1 fully saturated rings. The summed E-state index contributed by atoms with van der Waals surface area (Å²) in [6.07, 6.45) is 2.34. The van der Waals surface area contributed by atoms with Gasteiger partial charge in [-0.2, -0.15) is 4.31 Å². The first-order valence-electron chi connectivity index (χ1n) is 10.6. The van der Waals surface area contributed by atoms with Gasteiger partial charge in [0.15, 0.2) is 0 Å². The van der Waals surface area contributed by atoms with Crippen molar-refractivity contribution in [3.05, 3.63) is 89.5 Å².